The Hall–Kier alpha value is -2.09. The summed E-state index contributed by atoms with van der Waals surface area (Å²) in [5, 5.41) is 9.23. The standard InChI is InChI=1S/C14H18N2O3/c1-5-19-13(17)14(3,9-15)8-11-7-12(18-4)6-10(2)16-11/h6-7H,5,8H2,1-4H3. The van der Waals surface area contributed by atoms with E-state index >= 15 is 0 Å². The molecule has 0 saturated carbocycles. The first kappa shape index (κ1) is 15.0. The molecule has 0 spiro atoms. The normalized spacial score (nSPS) is 13.2. The highest BCUT2D eigenvalue weighted by Gasteiger charge is 2.36. The van der Waals surface area contributed by atoms with E-state index in [4.69, 9.17) is 9.47 Å². The molecule has 0 radical (unpaired) electrons. The van der Waals surface area contributed by atoms with Crippen LogP contribution >= 0.6 is 0 Å². The van der Waals surface area contributed by atoms with Gasteiger partial charge in [0.05, 0.1) is 19.8 Å². The van der Waals surface area contributed by atoms with E-state index in [2.05, 4.69) is 4.98 Å². The number of carbonyl (C=O) groups excluding carboxylic acids is 1. The molecule has 5 nitrogen and oxygen atoms in total. The van der Waals surface area contributed by atoms with Crippen LogP contribution < -0.4 is 4.74 Å². The molecule has 1 aromatic heterocycles. The lowest BCUT2D eigenvalue weighted by molar-refractivity contribution is -0.151. The van der Waals surface area contributed by atoms with Crippen LogP contribution in [0.1, 0.15) is 25.2 Å². The number of hydrogen-bond donors (Lipinski definition) is 0. The summed E-state index contributed by atoms with van der Waals surface area (Å²) >= 11 is 0. The lowest BCUT2D eigenvalue weighted by Crippen LogP contribution is -2.31. The fourth-order valence-corrected chi connectivity index (χ4v) is 1.72. The van der Waals surface area contributed by atoms with E-state index in [0.29, 0.717) is 11.4 Å². The number of aryl methyl sites for hydroxylation is 1. The molecule has 0 aromatic carbocycles. The number of pyridine rings is 1. The van der Waals surface area contributed by atoms with Crippen molar-refractivity contribution in [2.24, 2.45) is 5.41 Å². The fraction of sp³-hybridized carbons (Fsp3) is 0.500. The molecule has 1 aromatic rings. The monoisotopic (exact) mass is 262 g/mol. The molecule has 0 saturated heterocycles. The van der Waals surface area contributed by atoms with Gasteiger partial charge in [-0.3, -0.25) is 9.78 Å². The van der Waals surface area contributed by atoms with Crippen molar-refractivity contribution in [1.82, 2.24) is 4.98 Å². The molecule has 0 fully saturated rings. The average Bonchev–Trinajstić information content (AvgIpc) is 2.38. The Bertz CT molecular complexity index is 508. The molecular formula is C14H18N2O3. The van der Waals surface area contributed by atoms with Gasteiger partial charge in [0.25, 0.3) is 0 Å². The van der Waals surface area contributed by atoms with Crippen LogP contribution in [0.2, 0.25) is 0 Å². The summed E-state index contributed by atoms with van der Waals surface area (Å²) in [6.07, 6.45) is 0.195. The Kier molecular flexibility index (Phi) is 4.87. The lowest BCUT2D eigenvalue weighted by Gasteiger charge is -2.19. The van der Waals surface area contributed by atoms with Gasteiger partial charge >= 0.3 is 5.97 Å². The first-order chi connectivity index (χ1) is 8.95. The highest BCUT2D eigenvalue weighted by molar-refractivity contribution is 5.79. The van der Waals surface area contributed by atoms with Gasteiger partial charge in [-0.25, -0.2) is 0 Å². The lowest BCUT2D eigenvalue weighted by atomic mass is 9.87. The van der Waals surface area contributed by atoms with Gasteiger partial charge in [0.15, 0.2) is 5.41 Å². The van der Waals surface area contributed by atoms with Gasteiger partial charge in [0.1, 0.15) is 5.75 Å². The maximum Gasteiger partial charge on any atom is 0.326 e. The third-order valence-corrected chi connectivity index (χ3v) is 2.72. The Labute approximate surface area is 113 Å². The molecule has 0 bridgehead atoms. The van der Waals surface area contributed by atoms with E-state index in [-0.39, 0.29) is 13.0 Å². The summed E-state index contributed by atoms with van der Waals surface area (Å²) < 4.78 is 10.1. The average molecular weight is 262 g/mol. The van der Waals surface area contributed by atoms with Crippen LogP contribution in [-0.4, -0.2) is 24.7 Å². The number of hydrogen-bond acceptors (Lipinski definition) is 5. The van der Waals surface area contributed by atoms with E-state index in [1.165, 1.54) is 0 Å². The third kappa shape index (κ3) is 3.68. The molecule has 0 N–H and O–H groups in total. The molecule has 102 valence electrons. The first-order valence-corrected chi connectivity index (χ1v) is 6.05. The Morgan fingerprint density at radius 1 is 1.53 bits per heavy atom. The topological polar surface area (TPSA) is 72.2 Å². The molecule has 1 unspecified atom stereocenters. The third-order valence-electron chi connectivity index (χ3n) is 2.72. The maximum absolute atomic E-state index is 11.8. The van der Waals surface area contributed by atoms with Gasteiger partial charge in [-0.15, -0.1) is 0 Å². The van der Waals surface area contributed by atoms with Crippen LogP contribution in [0.15, 0.2) is 12.1 Å². The zero-order valence-corrected chi connectivity index (χ0v) is 11.7. The molecule has 0 aliphatic heterocycles. The van der Waals surface area contributed by atoms with Gasteiger partial charge in [0, 0.05) is 29.9 Å². The van der Waals surface area contributed by atoms with Crippen molar-refractivity contribution in [2.75, 3.05) is 13.7 Å². The van der Waals surface area contributed by atoms with Gasteiger partial charge in [-0.1, -0.05) is 0 Å². The van der Waals surface area contributed by atoms with Crippen LogP contribution in [0.25, 0.3) is 0 Å². The predicted molar refractivity (Wildman–Crippen MR) is 69.6 cm³/mol. The van der Waals surface area contributed by atoms with Crippen molar-refractivity contribution in [3.63, 3.8) is 0 Å². The van der Waals surface area contributed by atoms with Gasteiger partial charge in [-0.2, -0.15) is 5.26 Å². The maximum atomic E-state index is 11.8. The highest BCUT2D eigenvalue weighted by atomic mass is 16.5. The van der Waals surface area contributed by atoms with Crippen LogP contribution in [-0.2, 0) is 16.0 Å². The molecule has 0 aliphatic carbocycles. The predicted octanol–water partition coefficient (Wildman–Crippen LogP) is 2.03. The van der Waals surface area contributed by atoms with Crippen molar-refractivity contribution in [3.05, 3.63) is 23.5 Å². The Morgan fingerprint density at radius 3 is 2.74 bits per heavy atom. The molecule has 5 heteroatoms. The molecule has 1 atom stereocenters. The van der Waals surface area contributed by atoms with E-state index in [1.807, 2.05) is 13.0 Å². The molecule has 1 heterocycles. The fourth-order valence-electron chi connectivity index (χ4n) is 1.72. The summed E-state index contributed by atoms with van der Waals surface area (Å²) in [6, 6.07) is 5.53. The Morgan fingerprint density at radius 2 is 2.21 bits per heavy atom. The Balaban J connectivity index is 3.02. The second kappa shape index (κ2) is 6.19. The summed E-state index contributed by atoms with van der Waals surface area (Å²) in [7, 11) is 1.56. The number of esters is 1. The van der Waals surface area contributed by atoms with E-state index in [9.17, 15) is 10.1 Å². The van der Waals surface area contributed by atoms with Crippen molar-refractivity contribution < 1.29 is 14.3 Å². The van der Waals surface area contributed by atoms with Crippen molar-refractivity contribution in [1.29, 1.82) is 5.26 Å². The van der Waals surface area contributed by atoms with Crippen LogP contribution in [0, 0.1) is 23.7 Å². The van der Waals surface area contributed by atoms with E-state index in [1.54, 1.807) is 33.1 Å². The van der Waals surface area contributed by atoms with Gasteiger partial charge < -0.3 is 9.47 Å². The zero-order valence-electron chi connectivity index (χ0n) is 11.7. The summed E-state index contributed by atoms with van der Waals surface area (Å²) in [5.74, 6) is 0.131. The van der Waals surface area contributed by atoms with Crippen LogP contribution in [0.3, 0.4) is 0 Å². The molecular weight excluding hydrogens is 244 g/mol. The van der Waals surface area contributed by atoms with Crippen molar-refractivity contribution in [3.8, 4) is 11.8 Å². The minimum Gasteiger partial charge on any atom is -0.497 e. The molecule has 19 heavy (non-hydrogen) atoms. The second-order valence-electron chi connectivity index (χ2n) is 4.48. The minimum absolute atomic E-state index is 0.195. The van der Waals surface area contributed by atoms with Crippen molar-refractivity contribution in [2.45, 2.75) is 27.2 Å². The van der Waals surface area contributed by atoms with Gasteiger partial charge in [-0.05, 0) is 20.8 Å². The SMILES string of the molecule is CCOC(=O)C(C)(C#N)Cc1cc(OC)cc(C)n1. The minimum atomic E-state index is -1.23. The number of ether oxygens (including phenoxy) is 2. The van der Waals surface area contributed by atoms with Crippen LogP contribution in [0.4, 0.5) is 0 Å². The quantitative estimate of drug-likeness (QED) is 0.759. The smallest absolute Gasteiger partial charge is 0.326 e. The van der Waals surface area contributed by atoms with Crippen molar-refractivity contribution >= 4 is 5.97 Å². The second-order valence-corrected chi connectivity index (χ2v) is 4.48. The first-order valence-electron chi connectivity index (χ1n) is 6.05. The number of carbonyl (C=O) groups is 1. The highest BCUT2D eigenvalue weighted by Crippen LogP contribution is 2.25. The zero-order chi connectivity index (χ0) is 14.5. The molecule has 1 rings (SSSR count). The molecule has 0 aliphatic rings. The van der Waals surface area contributed by atoms with E-state index < -0.39 is 11.4 Å². The summed E-state index contributed by atoms with van der Waals surface area (Å²) in [5.41, 5.74) is 0.175. The largest absolute Gasteiger partial charge is 0.497 e. The van der Waals surface area contributed by atoms with E-state index in [0.717, 1.165) is 5.69 Å². The number of rotatable bonds is 5. The summed E-state index contributed by atoms with van der Waals surface area (Å²) in [6.45, 7) is 5.35. The number of nitriles is 1. The van der Waals surface area contributed by atoms with Crippen LogP contribution in [0.5, 0.6) is 5.75 Å². The number of methoxy groups -OCH3 is 1. The van der Waals surface area contributed by atoms with Gasteiger partial charge in [0.2, 0.25) is 0 Å². The number of nitrogens with zero attached hydrogens (tertiary/aromatic N) is 2. The molecule has 0 amide bonds. The number of aromatic nitrogens is 1. The summed E-state index contributed by atoms with van der Waals surface area (Å²) in [4.78, 5) is 16.2.